The minimum Gasteiger partial charge on any atom is -0.303 e. The second-order valence-electron chi connectivity index (χ2n) is 1.96. The van der Waals surface area contributed by atoms with Gasteiger partial charge in [0.25, 0.3) is 5.56 Å². The molecule has 0 atom stereocenters. The average molecular weight is 155 g/mol. The maximum Gasteiger partial charge on any atom is 0.266 e. The summed E-state index contributed by atoms with van der Waals surface area (Å²) in [5.74, 6) is 4.78. The van der Waals surface area contributed by atoms with Crippen LogP contribution in [0.2, 0.25) is 0 Å². The van der Waals surface area contributed by atoms with E-state index in [0.717, 1.165) is 0 Å². The lowest BCUT2D eigenvalue weighted by Crippen LogP contribution is -2.24. The van der Waals surface area contributed by atoms with Gasteiger partial charge in [0, 0.05) is 12.3 Å². The summed E-state index contributed by atoms with van der Waals surface area (Å²) in [4.78, 5) is 15.2. The quantitative estimate of drug-likeness (QED) is 0.576. The van der Waals surface area contributed by atoms with Crippen LogP contribution in [0.3, 0.4) is 0 Å². The van der Waals surface area contributed by atoms with E-state index in [9.17, 15) is 4.79 Å². The Morgan fingerprint density at radius 2 is 2.55 bits per heavy atom. The first-order valence-corrected chi connectivity index (χ1v) is 3.18. The van der Waals surface area contributed by atoms with Crippen LogP contribution in [-0.2, 0) is 11.4 Å². The molecule has 0 unspecified atom stereocenters. The number of hydrogen-bond acceptors (Lipinski definition) is 4. The number of nitrogens with zero attached hydrogens (tertiary/aromatic N) is 2. The van der Waals surface area contributed by atoms with Gasteiger partial charge in [0.2, 0.25) is 0 Å². The zero-order chi connectivity index (χ0) is 8.10. The number of aromatic nitrogens is 2. The Balaban J connectivity index is 2.70. The van der Waals surface area contributed by atoms with Crippen LogP contribution in [0, 0.1) is 0 Å². The van der Waals surface area contributed by atoms with Crippen LogP contribution in [0.1, 0.15) is 0 Å². The molecule has 0 saturated carbocycles. The lowest BCUT2D eigenvalue weighted by atomic mass is 10.5. The molecule has 0 radical (unpaired) electrons. The van der Waals surface area contributed by atoms with Gasteiger partial charge in [-0.3, -0.25) is 4.79 Å². The summed E-state index contributed by atoms with van der Waals surface area (Å²) in [6.45, 7) is 0.674. The second kappa shape index (κ2) is 3.85. The Bertz CT molecular complexity index is 271. The van der Waals surface area contributed by atoms with Gasteiger partial charge in [-0.1, -0.05) is 0 Å². The fraction of sp³-hybridized carbons (Fsp3) is 0.333. The molecule has 0 bridgehead atoms. The largest absolute Gasteiger partial charge is 0.303 e. The maximum atomic E-state index is 10.9. The average Bonchev–Trinajstić information content (AvgIpc) is 2.03. The summed E-state index contributed by atoms with van der Waals surface area (Å²) in [6.07, 6.45) is 1.54. The molecule has 2 N–H and O–H groups in total. The number of hydrogen-bond donors (Lipinski definition) is 1. The van der Waals surface area contributed by atoms with Gasteiger partial charge in [-0.15, -0.1) is 0 Å². The molecule has 5 heteroatoms. The van der Waals surface area contributed by atoms with E-state index in [1.807, 2.05) is 0 Å². The van der Waals surface area contributed by atoms with Gasteiger partial charge in [-0.25, -0.2) is 10.6 Å². The van der Waals surface area contributed by atoms with Crippen molar-refractivity contribution in [1.29, 1.82) is 0 Å². The van der Waals surface area contributed by atoms with E-state index in [1.54, 1.807) is 6.07 Å². The smallest absolute Gasteiger partial charge is 0.266 e. The molecule has 0 spiro atoms. The molecule has 0 aromatic carbocycles. The first-order chi connectivity index (χ1) is 5.34. The molecule has 0 amide bonds. The van der Waals surface area contributed by atoms with Crippen molar-refractivity contribution in [2.24, 2.45) is 5.90 Å². The lowest BCUT2D eigenvalue weighted by Gasteiger charge is -1.99. The highest BCUT2D eigenvalue weighted by Crippen LogP contribution is 1.75. The van der Waals surface area contributed by atoms with Gasteiger partial charge >= 0.3 is 0 Å². The Hall–Kier alpha value is -1.20. The molecule has 60 valence electrons. The first-order valence-electron chi connectivity index (χ1n) is 3.18. The molecule has 0 saturated heterocycles. The van der Waals surface area contributed by atoms with Crippen LogP contribution in [-0.4, -0.2) is 16.4 Å². The van der Waals surface area contributed by atoms with Crippen LogP contribution >= 0.6 is 0 Å². The molecule has 0 fully saturated rings. The minimum atomic E-state index is -0.149. The van der Waals surface area contributed by atoms with Gasteiger partial charge in [0.05, 0.1) is 13.2 Å². The summed E-state index contributed by atoms with van der Waals surface area (Å²) < 4.78 is 1.28. The maximum absolute atomic E-state index is 10.9. The SMILES string of the molecule is NOCCn1ncccc1=O. The number of nitrogens with two attached hydrogens (primary N) is 1. The van der Waals surface area contributed by atoms with Gasteiger partial charge in [-0.05, 0) is 6.07 Å². The van der Waals surface area contributed by atoms with Crippen LogP contribution < -0.4 is 11.5 Å². The number of rotatable bonds is 3. The Labute approximate surface area is 63.3 Å². The normalized spacial score (nSPS) is 9.91. The van der Waals surface area contributed by atoms with Crippen molar-refractivity contribution >= 4 is 0 Å². The highest BCUT2D eigenvalue weighted by Gasteiger charge is 1.92. The van der Waals surface area contributed by atoms with Gasteiger partial charge in [0.15, 0.2) is 0 Å². The van der Waals surface area contributed by atoms with E-state index in [4.69, 9.17) is 5.90 Å². The van der Waals surface area contributed by atoms with Crippen LogP contribution in [0.25, 0.3) is 0 Å². The molecular formula is C6H9N3O2. The van der Waals surface area contributed by atoms with Crippen molar-refractivity contribution in [2.75, 3.05) is 6.61 Å². The highest BCUT2D eigenvalue weighted by atomic mass is 16.6. The van der Waals surface area contributed by atoms with Crippen molar-refractivity contribution in [3.8, 4) is 0 Å². The predicted octanol–water partition coefficient (Wildman–Crippen LogP) is -0.866. The molecule has 1 aromatic rings. The molecule has 1 rings (SSSR count). The third kappa shape index (κ3) is 2.14. The Morgan fingerprint density at radius 3 is 3.18 bits per heavy atom. The van der Waals surface area contributed by atoms with Crippen LogP contribution in [0.4, 0.5) is 0 Å². The highest BCUT2D eigenvalue weighted by molar-refractivity contribution is 4.84. The monoisotopic (exact) mass is 155 g/mol. The molecule has 0 aliphatic heterocycles. The third-order valence-corrected chi connectivity index (χ3v) is 1.21. The zero-order valence-corrected chi connectivity index (χ0v) is 5.93. The summed E-state index contributed by atoms with van der Waals surface area (Å²) in [7, 11) is 0. The van der Waals surface area contributed by atoms with E-state index in [-0.39, 0.29) is 12.2 Å². The van der Waals surface area contributed by atoms with Gasteiger partial charge in [0.1, 0.15) is 0 Å². The fourth-order valence-electron chi connectivity index (χ4n) is 0.694. The molecule has 1 aromatic heterocycles. The molecule has 5 nitrogen and oxygen atoms in total. The second-order valence-corrected chi connectivity index (χ2v) is 1.96. The summed E-state index contributed by atoms with van der Waals surface area (Å²) in [5.41, 5.74) is -0.149. The molecule has 11 heavy (non-hydrogen) atoms. The first kappa shape index (κ1) is 7.90. The van der Waals surface area contributed by atoms with Gasteiger partial charge < -0.3 is 4.84 Å². The fourth-order valence-corrected chi connectivity index (χ4v) is 0.694. The zero-order valence-electron chi connectivity index (χ0n) is 5.93. The third-order valence-electron chi connectivity index (χ3n) is 1.21. The van der Waals surface area contributed by atoms with Gasteiger partial charge in [-0.2, -0.15) is 5.10 Å². The topological polar surface area (TPSA) is 70.1 Å². The molecule has 1 heterocycles. The van der Waals surface area contributed by atoms with E-state index < -0.39 is 0 Å². The van der Waals surface area contributed by atoms with E-state index >= 15 is 0 Å². The van der Waals surface area contributed by atoms with E-state index in [0.29, 0.717) is 6.54 Å². The summed E-state index contributed by atoms with van der Waals surface area (Å²) in [6, 6.07) is 3.02. The lowest BCUT2D eigenvalue weighted by molar-refractivity contribution is 0.125. The van der Waals surface area contributed by atoms with Crippen molar-refractivity contribution in [2.45, 2.75) is 6.54 Å². The van der Waals surface area contributed by atoms with Crippen LogP contribution in [0.5, 0.6) is 0 Å². The Morgan fingerprint density at radius 1 is 1.73 bits per heavy atom. The molecule has 0 aliphatic rings. The predicted molar refractivity (Wildman–Crippen MR) is 38.6 cm³/mol. The standard InChI is InChI=1S/C6H9N3O2/c7-11-5-4-9-6(10)2-1-3-8-9/h1-3H,4-5,7H2. The summed E-state index contributed by atoms with van der Waals surface area (Å²) in [5, 5.41) is 3.78. The molecule has 0 aliphatic carbocycles. The minimum absolute atomic E-state index is 0.149. The Kier molecular flexibility index (Phi) is 2.76. The van der Waals surface area contributed by atoms with E-state index in [2.05, 4.69) is 9.94 Å². The van der Waals surface area contributed by atoms with E-state index in [1.165, 1.54) is 16.9 Å². The van der Waals surface area contributed by atoms with Crippen molar-refractivity contribution in [3.63, 3.8) is 0 Å². The van der Waals surface area contributed by atoms with Crippen molar-refractivity contribution in [1.82, 2.24) is 9.78 Å². The van der Waals surface area contributed by atoms with Crippen LogP contribution in [0.15, 0.2) is 23.1 Å². The van der Waals surface area contributed by atoms with Crippen molar-refractivity contribution in [3.05, 3.63) is 28.7 Å². The molecular weight excluding hydrogens is 146 g/mol. The summed E-state index contributed by atoms with van der Waals surface area (Å²) >= 11 is 0. The van der Waals surface area contributed by atoms with Crippen molar-refractivity contribution < 1.29 is 4.84 Å².